The number of ether oxygens (including phenoxy) is 1. The van der Waals surface area contributed by atoms with Crippen LogP contribution in [0.5, 0.6) is 0 Å². The lowest BCUT2D eigenvalue weighted by molar-refractivity contribution is 0.0984. The van der Waals surface area contributed by atoms with Crippen LogP contribution in [0.4, 0.5) is 5.69 Å². The van der Waals surface area contributed by atoms with Crippen LogP contribution in [-0.2, 0) is 14.8 Å². The fourth-order valence-corrected chi connectivity index (χ4v) is 3.67. The molecule has 0 saturated carbocycles. The van der Waals surface area contributed by atoms with Gasteiger partial charge in [-0.2, -0.15) is 0 Å². The molecule has 1 aromatic carbocycles. The molecule has 0 unspecified atom stereocenters. The summed E-state index contributed by atoms with van der Waals surface area (Å²) in [5.41, 5.74) is 2.18. The van der Waals surface area contributed by atoms with Gasteiger partial charge in [0.25, 0.3) is 0 Å². The van der Waals surface area contributed by atoms with Crippen molar-refractivity contribution in [3.05, 3.63) is 29.3 Å². The van der Waals surface area contributed by atoms with Gasteiger partial charge >= 0.3 is 0 Å². The molecular weight excluding hydrogens is 290 g/mol. The Morgan fingerprint density at radius 1 is 1.38 bits per heavy atom. The molecule has 21 heavy (non-hydrogen) atoms. The minimum Gasteiger partial charge on any atom is -0.384 e. The number of anilines is 1. The van der Waals surface area contributed by atoms with Crippen LogP contribution < -0.4 is 4.72 Å². The van der Waals surface area contributed by atoms with Crippen molar-refractivity contribution in [1.29, 1.82) is 0 Å². The highest BCUT2D eigenvalue weighted by atomic mass is 32.2. The number of nitrogens with one attached hydrogen (secondary N) is 1. The van der Waals surface area contributed by atoms with Crippen molar-refractivity contribution in [3.8, 4) is 11.8 Å². The first-order chi connectivity index (χ1) is 10.0. The smallest absolute Gasteiger partial charge is 0.235 e. The first-order valence-corrected chi connectivity index (χ1v) is 8.37. The van der Waals surface area contributed by atoms with Crippen molar-refractivity contribution >= 4 is 15.7 Å². The van der Waals surface area contributed by atoms with E-state index >= 15 is 0 Å². The molecule has 1 heterocycles. The molecule has 1 aliphatic heterocycles. The quantitative estimate of drug-likeness (QED) is 0.824. The predicted molar refractivity (Wildman–Crippen MR) is 81.5 cm³/mol. The van der Waals surface area contributed by atoms with E-state index in [0.29, 0.717) is 31.7 Å². The maximum absolute atomic E-state index is 12.3. The van der Waals surface area contributed by atoms with Crippen LogP contribution in [0.3, 0.4) is 0 Å². The zero-order chi connectivity index (χ0) is 15.3. The van der Waals surface area contributed by atoms with Gasteiger partial charge in [0.15, 0.2) is 0 Å². The number of sulfonamides is 1. The summed E-state index contributed by atoms with van der Waals surface area (Å²) in [6, 6.07) is 5.18. The van der Waals surface area contributed by atoms with Crippen molar-refractivity contribution in [2.24, 2.45) is 0 Å². The highest BCUT2D eigenvalue weighted by Gasteiger charge is 2.27. The Labute approximate surface area is 125 Å². The molecule has 0 bridgehead atoms. The SMILES string of the molecule is Cc1cc(NS(=O)(=O)C2CCOCC2)ccc1C#CCO. The molecular formula is C15H19NO4S. The largest absolute Gasteiger partial charge is 0.384 e. The van der Waals surface area contributed by atoms with E-state index in [0.717, 1.165) is 11.1 Å². The Hall–Kier alpha value is -1.55. The lowest BCUT2D eigenvalue weighted by Gasteiger charge is -2.22. The zero-order valence-electron chi connectivity index (χ0n) is 11.9. The third-order valence-corrected chi connectivity index (χ3v) is 5.27. The monoisotopic (exact) mass is 309 g/mol. The van der Waals surface area contributed by atoms with Crippen LogP contribution in [-0.4, -0.2) is 38.6 Å². The fourth-order valence-electron chi connectivity index (χ4n) is 2.24. The summed E-state index contributed by atoms with van der Waals surface area (Å²) in [7, 11) is -3.39. The Kier molecular flexibility index (Phi) is 5.23. The Balaban J connectivity index is 2.14. The number of aliphatic hydroxyl groups excluding tert-OH is 1. The lowest BCUT2D eigenvalue weighted by Crippen LogP contribution is -2.33. The van der Waals surface area contributed by atoms with Gasteiger partial charge in [0.2, 0.25) is 10.0 Å². The average Bonchev–Trinajstić information content (AvgIpc) is 2.47. The summed E-state index contributed by atoms with van der Waals surface area (Å²) in [4.78, 5) is 0. The van der Waals surface area contributed by atoms with Gasteiger partial charge in [-0.1, -0.05) is 11.8 Å². The van der Waals surface area contributed by atoms with Crippen LogP contribution in [0.1, 0.15) is 24.0 Å². The maximum atomic E-state index is 12.3. The normalized spacial score (nSPS) is 16.1. The number of aryl methyl sites for hydroxylation is 1. The van der Waals surface area contributed by atoms with E-state index in [1.54, 1.807) is 18.2 Å². The molecule has 0 aliphatic carbocycles. The van der Waals surface area contributed by atoms with Gasteiger partial charge < -0.3 is 9.84 Å². The molecule has 6 heteroatoms. The molecule has 0 spiro atoms. The highest BCUT2D eigenvalue weighted by Crippen LogP contribution is 2.21. The molecule has 0 atom stereocenters. The molecule has 1 fully saturated rings. The van der Waals surface area contributed by atoms with Crippen molar-refractivity contribution in [3.63, 3.8) is 0 Å². The molecule has 2 rings (SSSR count). The van der Waals surface area contributed by atoms with Crippen LogP contribution >= 0.6 is 0 Å². The number of rotatable bonds is 3. The van der Waals surface area contributed by atoms with E-state index in [9.17, 15) is 8.42 Å². The molecule has 1 aliphatic rings. The summed E-state index contributed by atoms with van der Waals surface area (Å²) in [6.45, 7) is 2.63. The van der Waals surface area contributed by atoms with E-state index in [1.165, 1.54) is 0 Å². The second-order valence-electron chi connectivity index (χ2n) is 4.95. The molecule has 5 nitrogen and oxygen atoms in total. The van der Waals surface area contributed by atoms with Gasteiger partial charge in [-0.3, -0.25) is 4.72 Å². The minimum absolute atomic E-state index is 0.197. The van der Waals surface area contributed by atoms with Crippen molar-refractivity contribution in [2.45, 2.75) is 25.0 Å². The van der Waals surface area contributed by atoms with E-state index in [1.807, 2.05) is 6.92 Å². The van der Waals surface area contributed by atoms with Gasteiger partial charge in [-0.15, -0.1) is 0 Å². The molecule has 0 aromatic heterocycles. The molecule has 2 N–H and O–H groups in total. The number of hydrogen-bond donors (Lipinski definition) is 2. The second kappa shape index (κ2) is 6.94. The van der Waals surface area contributed by atoms with Crippen LogP contribution in [0, 0.1) is 18.8 Å². The second-order valence-corrected chi connectivity index (χ2v) is 6.91. The Morgan fingerprint density at radius 2 is 2.10 bits per heavy atom. The molecule has 1 saturated heterocycles. The summed E-state index contributed by atoms with van der Waals surface area (Å²) in [5, 5.41) is 8.29. The summed E-state index contributed by atoms with van der Waals surface area (Å²) < 4.78 is 32.4. The maximum Gasteiger partial charge on any atom is 0.235 e. The van der Waals surface area contributed by atoms with Crippen LogP contribution in [0.2, 0.25) is 0 Å². The molecule has 0 radical (unpaired) electrons. The van der Waals surface area contributed by atoms with Crippen molar-refractivity contribution in [1.82, 2.24) is 0 Å². The van der Waals surface area contributed by atoms with Crippen LogP contribution in [0.15, 0.2) is 18.2 Å². The first-order valence-electron chi connectivity index (χ1n) is 6.82. The lowest BCUT2D eigenvalue weighted by atomic mass is 10.1. The fraction of sp³-hybridized carbons (Fsp3) is 0.467. The first kappa shape index (κ1) is 15.8. The molecule has 114 valence electrons. The molecule has 0 amide bonds. The van der Waals surface area contributed by atoms with E-state index in [2.05, 4.69) is 16.6 Å². The predicted octanol–water partition coefficient (Wildman–Crippen LogP) is 1.26. The Bertz CT molecular complexity index is 652. The van der Waals surface area contributed by atoms with Crippen LogP contribution in [0.25, 0.3) is 0 Å². The minimum atomic E-state index is -3.39. The van der Waals surface area contributed by atoms with Gasteiger partial charge in [-0.05, 0) is 43.5 Å². The van der Waals surface area contributed by atoms with Gasteiger partial charge in [0.05, 0.1) is 5.25 Å². The molecule has 1 aromatic rings. The summed E-state index contributed by atoms with van der Waals surface area (Å²) in [5.74, 6) is 5.40. The van der Waals surface area contributed by atoms with E-state index < -0.39 is 15.3 Å². The highest BCUT2D eigenvalue weighted by molar-refractivity contribution is 7.93. The summed E-state index contributed by atoms with van der Waals surface area (Å²) >= 11 is 0. The number of hydrogen-bond acceptors (Lipinski definition) is 4. The standard InChI is InChI=1S/C15H19NO4S/c1-12-11-14(5-4-13(12)3-2-8-17)16-21(18,19)15-6-9-20-10-7-15/h4-5,11,15-17H,6-10H2,1H3. The third-order valence-electron chi connectivity index (χ3n) is 3.40. The number of benzene rings is 1. The van der Waals surface area contributed by atoms with E-state index in [-0.39, 0.29) is 6.61 Å². The third kappa shape index (κ3) is 4.21. The summed E-state index contributed by atoms with van der Waals surface area (Å²) in [6.07, 6.45) is 1.04. The number of aliphatic hydroxyl groups is 1. The van der Waals surface area contributed by atoms with Crippen molar-refractivity contribution < 1.29 is 18.3 Å². The van der Waals surface area contributed by atoms with Gasteiger partial charge in [-0.25, -0.2) is 8.42 Å². The van der Waals surface area contributed by atoms with Gasteiger partial charge in [0.1, 0.15) is 6.61 Å². The van der Waals surface area contributed by atoms with Crippen molar-refractivity contribution in [2.75, 3.05) is 24.5 Å². The zero-order valence-corrected chi connectivity index (χ0v) is 12.7. The van der Waals surface area contributed by atoms with Gasteiger partial charge in [0, 0.05) is 24.5 Å². The Morgan fingerprint density at radius 3 is 2.71 bits per heavy atom. The van der Waals surface area contributed by atoms with E-state index in [4.69, 9.17) is 9.84 Å². The average molecular weight is 309 g/mol. The topological polar surface area (TPSA) is 75.6 Å².